The standard InChI is InChI=1S/C37H41N7O4/c1-6-15-43(36(46)20-40-37(47)48-5)22-34-39-19-33(42-34)31-14-13-29-16-28(11-12-30(29)17-31)26-7-9-27(10-8-26)32-18-38-35(41-32)23-44(25(4)45)21-24(2)3/h7-14,16-19H,2,6,15,20-23H2,1,3-5H3,(H,38,41)(H,39,42)(H,40,47). The van der Waals surface area contributed by atoms with Gasteiger partial charge in [0.2, 0.25) is 11.8 Å². The van der Waals surface area contributed by atoms with Crippen molar-refractivity contribution in [2.45, 2.75) is 40.3 Å². The van der Waals surface area contributed by atoms with E-state index >= 15 is 0 Å². The predicted octanol–water partition coefficient (Wildman–Crippen LogP) is 6.31. The van der Waals surface area contributed by atoms with Crippen molar-refractivity contribution in [3.63, 3.8) is 0 Å². The summed E-state index contributed by atoms with van der Waals surface area (Å²) in [6.45, 7) is 11.0. The van der Waals surface area contributed by atoms with Crippen LogP contribution in [0.25, 0.3) is 44.4 Å². The minimum absolute atomic E-state index is 0.0186. The molecule has 0 saturated carbocycles. The second kappa shape index (κ2) is 15.3. The number of imidazole rings is 2. The molecule has 248 valence electrons. The van der Waals surface area contributed by atoms with Gasteiger partial charge in [0.25, 0.3) is 0 Å². The summed E-state index contributed by atoms with van der Waals surface area (Å²) in [5.41, 5.74) is 6.87. The van der Waals surface area contributed by atoms with Gasteiger partial charge in [-0.1, -0.05) is 67.6 Å². The smallest absolute Gasteiger partial charge is 0.407 e. The molecule has 0 spiro atoms. The van der Waals surface area contributed by atoms with E-state index in [4.69, 9.17) is 0 Å². The predicted molar refractivity (Wildman–Crippen MR) is 187 cm³/mol. The van der Waals surface area contributed by atoms with Crippen LogP contribution in [0.2, 0.25) is 0 Å². The number of benzene rings is 3. The highest BCUT2D eigenvalue weighted by Gasteiger charge is 2.17. The lowest BCUT2D eigenvalue weighted by Gasteiger charge is -2.21. The highest BCUT2D eigenvalue weighted by molar-refractivity contribution is 5.90. The maximum Gasteiger partial charge on any atom is 0.407 e. The van der Waals surface area contributed by atoms with E-state index in [0.717, 1.165) is 62.2 Å². The molecule has 3 aromatic carbocycles. The lowest BCUT2D eigenvalue weighted by molar-refractivity contribution is -0.131. The van der Waals surface area contributed by atoms with Crippen molar-refractivity contribution in [1.29, 1.82) is 0 Å². The molecule has 0 aliphatic carbocycles. The Kier molecular flexibility index (Phi) is 10.7. The number of H-pyrrole nitrogens is 2. The molecule has 11 heteroatoms. The van der Waals surface area contributed by atoms with Crippen LogP contribution in [-0.2, 0) is 27.4 Å². The lowest BCUT2D eigenvalue weighted by atomic mass is 9.98. The molecular formula is C37H41N7O4. The van der Waals surface area contributed by atoms with Crippen LogP contribution in [0.15, 0.2) is 85.2 Å². The summed E-state index contributed by atoms with van der Waals surface area (Å²) in [6.07, 6.45) is 3.71. The van der Waals surface area contributed by atoms with Crippen LogP contribution in [0.5, 0.6) is 0 Å². The van der Waals surface area contributed by atoms with Gasteiger partial charge in [0.15, 0.2) is 0 Å². The van der Waals surface area contributed by atoms with Gasteiger partial charge in [0.05, 0.1) is 44.0 Å². The Hall–Kier alpha value is -5.71. The molecule has 0 aliphatic heterocycles. The number of carbonyl (C=O) groups is 3. The van der Waals surface area contributed by atoms with Crippen molar-refractivity contribution in [3.8, 4) is 33.6 Å². The van der Waals surface area contributed by atoms with Crippen molar-refractivity contribution < 1.29 is 19.1 Å². The third-order valence-electron chi connectivity index (χ3n) is 7.94. The van der Waals surface area contributed by atoms with Crippen LogP contribution >= 0.6 is 0 Å². The molecule has 3 amide bonds. The molecule has 48 heavy (non-hydrogen) atoms. The maximum absolute atomic E-state index is 12.7. The van der Waals surface area contributed by atoms with Crippen molar-refractivity contribution in [3.05, 3.63) is 96.9 Å². The first-order valence-electron chi connectivity index (χ1n) is 15.9. The van der Waals surface area contributed by atoms with Gasteiger partial charge < -0.3 is 29.8 Å². The zero-order valence-electron chi connectivity index (χ0n) is 27.8. The quantitative estimate of drug-likeness (QED) is 0.128. The highest BCUT2D eigenvalue weighted by atomic mass is 16.5. The summed E-state index contributed by atoms with van der Waals surface area (Å²) >= 11 is 0. The Bertz CT molecular complexity index is 1930. The van der Waals surface area contributed by atoms with Gasteiger partial charge in [-0.05, 0) is 52.9 Å². The first kappa shape index (κ1) is 33.6. The minimum atomic E-state index is -0.643. The molecule has 5 rings (SSSR count). The molecule has 0 radical (unpaired) electrons. The van der Waals surface area contributed by atoms with Crippen LogP contribution in [-0.4, -0.2) is 74.4 Å². The molecule has 0 aliphatic rings. The molecule has 0 unspecified atom stereocenters. The summed E-state index contributed by atoms with van der Waals surface area (Å²) in [7, 11) is 1.26. The number of amides is 3. The van der Waals surface area contributed by atoms with Gasteiger partial charge in [0, 0.05) is 25.6 Å². The van der Waals surface area contributed by atoms with E-state index in [1.54, 1.807) is 29.1 Å². The Morgan fingerprint density at radius 3 is 1.92 bits per heavy atom. The average Bonchev–Trinajstić information content (AvgIpc) is 3.76. The SMILES string of the molecule is C=C(C)CN(Cc1ncc(-c2ccc(-c3ccc4cc(-c5cnc(CN(CCC)C(=O)CNC(=O)OC)[nH]5)ccc4c3)cc2)[nH]1)C(C)=O. The third-order valence-corrected chi connectivity index (χ3v) is 7.94. The summed E-state index contributed by atoms with van der Waals surface area (Å²) in [5, 5.41) is 4.65. The van der Waals surface area contributed by atoms with Crippen molar-refractivity contribution in [1.82, 2.24) is 35.1 Å². The number of hydrogen-bond donors (Lipinski definition) is 3. The molecule has 2 aromatic heterocycles. The fraction of sp³-hybridized carbons (Fsp3) is 0.270. The van der Waals surface area contributed by atoms with E-state index in [2.05, 4.69) is 97.2 Å². The van der Waals surface area contributed by atoms with E-state index in [1.807, 2.05) is 13.8 Å². The number of nitrogens with one attached hydrogen (secondary N) is 3. The molecule has 0 saturated heterocycles. The number of nitrogens with zero attached hydrogens (tertiary/aromatic N) is 4. The van der Waals surface area contributed by atoms with Gasteiger partial charge in [-0.25, -0.2) is 14.8 Å². The monoisotopic (exact) mass is 647 g/mol. The van der Waals surface area contributed by atoms with Crippen molar-refractivity contribution in [2.75, 3.05) is 26.7 Å². The Morgan fingerprint density at radius 1 is 0.792 bits per heavy atom. The number of alkyl carbamates (subject to hydrolysis) is 1. The van der Waals surface area contributed by atoms with Crippen molar-refractivity contribution in [2.24, 2.45) is 0 Å². The highest BCUT2D eigenvalue weighted by Crippen LogP contribution is 2.29. The van der Waals surface area contributed by atoms with E-state index in [-0.39, 0.29) is 18.4 Å². The number of aromatic amines is 2. The van der Waals surface area contributed by atoms with E-state index in [1.165, 1.54) is 7.11 Å². The lowest BCUT2D eigenvalue weighted by Crippen LogP contribution is -2.40. The number of carbonyl (C=O) groups excluding carboxylic acids is 3. The third kappa shape index (κ3) is 8.35. The molecule has 3 N–H and O–H groups in total. The van der Waals surface area contributed by atoms with E-state index in [0.29, 0.717) is 32.0 Å². The first-order chi connectivity index (χ1) is 23.1. The van der Waals surface area contributed by atoms with Crippen LogP contribution in [0.1, 0.15) is 38.8 Å². The van der Waals surface area contributed by atoms with Crippen LogP contribution < -0.4 is 5.32 Å². The van der Waals surface area contributed by atoms with Crippen LogP contribution in [0, 0.1) is 0 Å². The molecule has 11 nitrogen and oxygen atoms in total. The van der Waals surface area contributed by atoms with Crippen LogP contribution in [0.4, 0.5) is 4.79 Å². The van der Waals surface area contributed by atoms with Gasteiger partial charge in [-0.3, -0.25) is 9.59 Å². The van der Waals surface area contributed by atoms with Crippen molar-refractivity contribution >= 4 is 28.7 Å². The van der Waals surface area contributed by atoms with Crippen LogP contribution in [0.3, 0.4) is 0 Å². The Morgan fingerprint density at radius 2 is 1.33 bits per heavy atom. The Labute approximate surface area is 280 Å². The normalized spacial score (nSPS) is 10.9. The van der Waals surface area contributed by atoms with E-state index < -0.39 is 6.09 Å². The summed E-state index contributed by atoms with van der Waals surface area (Å²) in [4.78, 5) is 55.2. The first-order valence-corrected chi connectivity index (χ1v) is 15.9. The Balaban J connectivity index is 1.25. The summed E-state index contributed by atoms with van der Waals surface area (Å²) in [5.74, 6) is 1.16. The topological polar surface area (TPSA) is 136 Å². The average molecular weight is 648 g/mol. The van der Waals surface area contributed by atoms with E-state index in [9.17, 15) is 14.4 Å². The number of rotatable bonds is 13. The minimum Gasteiger partial charge on any atom is -0.453 e. The van der Waals surface area contributed by atoms with Gasteiger partial charge >= 0.3 is 6.09 Å². The van der Waals surface area contributed by atoms with Gasteiger partial charge in [0.1, 0.15) is 18.2 Å². The largest absolute Gasteiger partial charge is 0.453 e. The summed E-state index contributed by atoms with van der Waals surface area (Å²) < 4.78 is 4.56. The second-order valence-corrected chi connectivity index (χ2v) is 11.8. The van der Waals surface area contributed by atoms with Gasteiger partial charge in [-0.15, -0.1) is 0 Å². The number of ether oxygens (including phenoxy) is 1. The molecule has 2 heterocycles. The number of aromatic nitrogens is 4. The van der Waals surface area contributed by atoms with Gasteiger partial charge in [-0.2, -0.15) is 0 Å². The second-order valence-electron chi connectivity index (χ2n) is 11.8. The molecule has 0 bridgehead atoms. The number of hydrogen-bond acceptors (Lipinski definition) is 6. The maximum atomic E-state index is 12.7. The number of methoxy groups -OCH3 is 1. The zero-order chi connectivity index (χ0) is 34.2. The molecule has 5 aromatic rings. The fourth-order valence-electron chi connectivity index (χ4n) is 5.47. The summed E-state index contributed by atoms with van der Waals surface area (Å²) in [6, 6.07) is 21.0. The molecule has 0 fully saturated rings. The zero-order valence-corrected chi connectivity index (χ0v) is 27.8. The molecule has 0 atom stereocenters. The molecular weight excluding hydrogens is 606 g/mol. The number of fused-ring (bicyclic) bond motifs is 1. The fourth-order valence-corrected chi connectivity index (χ4v) is 5.47.